The minimum atomic E-state index is -0.423. The molecule has 0 aromatic heterocycles. The van der Waals surface area contributed by atoms with Crippen molar-refractivity contribution in [2.24, 2.45) is 11.8 Å². The molecule has 0 saturated carbocycles. The molecule has 5 heteroatoms. The van der Waals surface area contributed by atoms with Crippen LogP contribution in [0.25, 0.3) is 0 Å². The van der Waals surface area contributed by atoms with Crippen molar-refractivity contribution >= 4 is 23.4 Å². The van der Waals surface area contributed by atoms with E-state index in [1.54, 1.807) is 0 Å². The van der Waals surface area contributed by atoms with Crippen molar-refractivity contribution in [1.29, 1.82) is 0 Å². The van der Waals surface area contributed by atoms with Crippen LogP contribution in [0.3, 0.4) is 0 Å². The lowest BCUT2D eigenvalue weighted by Gasteiger charge is -2.36. The molecule has 0 unspecified atom stereocenters. The molecule has 1 aromatic carbocycles. The molecule has 150 valence electrons. The van der Waals surface area contributed by atoms with Gasteiger partial charge >= 0.3 is 0 Å². The second kappa shape index (κ2) is 10.1. The Morgan fingerprint density at radius 3 is 2.26 bits per heavy atom. The summed E-state index contributed by atoms with van der Waals surface area (Å²) in [5, 5.41) is 3.75. The smallest absolute Gasteiger partial charge is 0.245 e. The Kier molecular flexibility index (Phi) is 8.15. The van der Waals surface area contributed by atoms with Gasteiger partial charge in [-0.05, 0) is 48.3 Å². The number of nitrogens with one attached hydrogen (secondary N) is 1. The van der Waals surface area contributed by atoms with Crippen LogP contribution < -0.4 is 5.32 Å². The molecule has 0 spiro atoms. The lowest BCUT2D eigenvalue weighted by Crippen LogP contribution is -2.53. The third-order valence-electron chi connectivity index (χ3n) is 5.54. The monoisotopic (exact) mass is 392 g/mol. The molecule has 0 radical (unpaired) electrons. The highest BCUT2D eigenvalue weighted by molar-refractivity contribution is 6.30. The quantitative estimate of drug-likeness (QED) is 0.735. The summed E-state index contributed by atoms with van der Waals surface area (Å²) in [4.78, 5) is 27.3. The number of piperidine rings is 1. The molecule has 2 atom stereocenters. The molecule has 1 N–H and O–H groups in total. The number of carbonyl (C=O) groups excluding carboxylic acids is 2. The standard InChI is InChI=1S/C22H33ClN2O2/c1-5-16(4)21(24-20(26)14-15(2)3)22(27)25-12-10-18(11-13-25)17-6-8-19(23)9-7-17/h6-9,15-16,18,21H,5,10-14H2,1-4H3,(H,24,26)/t16-,21+/m0/s1. The van der Waals surface area contributed by atoms with Crippen LogP contribution in [0.2, 0.25) is 5.02 Å². The van der Waals surface area contributed by atoms with Crippen molar-refractivity contribution in [2.75, 3.05) is 13.1 Å². The van der Waals surface area contributed by atoms with Crippen molar-refractivity contribution in [1.82, 2.24) is 10.2 Å². The first-order chi connectivity index (χ1) is 12.8. The molecule has 1 aromatic rings. The molecule has 2 amide bonds. The van der Waals surface area contributed by atoms with Gasteiger partial charge in [0, 0.05) is 24.5 Å². The van der Waals surface area contributed by atoms with Crippen molar-refractivity contribution < 1.29 is 9.59 Å². The summed E-state index contributed by atoms with van der Waals surface area (Å²) in [5.74, 6) is 0.912. The van der Waals surface area contributed by atoms with Crippen LogP contribution >= 0.6 is 11.6 Å². The lowest BCUT2D eigenvalue weighted by molar-refractivity contribution is -0.139. The first-order valence-corrected chi connectivity index (χ1v) is 10.5. The van der Waals surface area contributed by atoms with Crippen molar-refractivity contribution in [3.8, 4) is 0 Å². The van der Waals surface area contributed by atoms with Crippen LogP contribution in [0.1, 0.15) is 64.9 Å². The maximum Gasteiger partial charge on any atom is 0.245 e. The maximum atomic E-state index is 13.1. The SMILES string of the molecule is CC[C@H](C)[C@@H](NC(=O)CC(C)C)C(=O)N1CCC(c2ccc(Cl)cc2)CC1. The number of nitrogens with zero attached hydrogens (tertiary/aromatic N) is 1. The lowest BCUT2D eigenvalue weighted by atomic mass is 9.88. The van der Waals surface area contributed by atoms with Crippen LogP contribution in [0, 0.1) is 11.8 Å². The summed E-state index contributed by atoms with van der Waals surface area (Å²) in [6.07, 6.45) is 3.21. The summed E-state index contributed by atoms with van der Waals surface area (Å²) in [6, 6.07) is 7.60. The molecule has 1 aliphatic rings. The van der Waals surface area contributed by atoms with Gasteiger partial charge in [-0.1, -0.05) is 57.8 Å². The number of likely N-dealkylation sites (tertiary alicyclic amines) is 1. The fourth-order valence-electron chi connectivity index (χ4n) is 3.65. The van der Waals surface area contributed by atoms with E-state index in [1.165, 1.54) is 5.56 Å². The van der Waals surface area contributed by atoms with Gasteiger partial charge in [0.05, 0.1) is 0 Å². The third kappa shape index (κ3) is 6.24. The van der Waals surface area contributed by atoms with Crippen LogP contribution in [-0.4, -0.2) is 35.8 Å². The number of carbonyl (C=O) groups is 2. The molecular weight excluding hydrogens is 360 g/mol. The highest BCUT2D eigenvalue weighted by Gasteiger charge is 2.32. The zero-order valence-corrected chi connectivity index (χ0v) is 17.8. The average molecular weight is 393 g/mol. The molecule has 1 fully saturated rings. The van der Waals surface area contributed by atoms with Gasteiger partial charge < -0.3 is 10.2 Å². The predicted molar refractivity (Wildman–Crippen MR) is 111 cm³/mol. The minimum Gasteiger partial charge on any atom is -0.344 e. The molecule has 1 aliphatic heterocycles. The van der Waals surface area contributed by atoms with E-state index in [-0.39, 0.29) is 23.7 Å². The fourth-order valence-corrected chi connectivity index (χ4v) is 3.78. The summed E-state index contributed by atoms with van der Waals surface area (Å²) in [6.45, 7) is 9.60. The molecule has 2 rings (SSSR count). The Morgan fingerprint density at radius 2 is 1.74 bits per heavy atom. The fraction of sp³-hybridized carbons (Fsp3) is 0.636. The zero-order chi connectivity index (χ0) is 20.0. The van der Waals surface area contributed by atoms with Crippen LogP contribution in [-0.2, 0) is 9.59 Å². The molecule has 1 heterocycles. The third-order valence-corrected chi connectivity index (χ3v) is 5.79. The number of amides is 2. The van der Waals surface area contributed by atoms with Gasteiger partial charge in [0.1, 0.15) is 6.04 Å². The second-order valence-corrected chi connectivity index (χ2v) is 8.62. The first-order valence-electron chi connectivity index (χ1n) is 10.1. The summed E-state index contributed by atoms with van der Waals surface area (Å²) in [5.41, 5.74) is 1.29. The van der Waals surface area contributed by atoms with E-state index < -0.39 is 6.04 Å². The van der Waals surface area contributed by atoms with E-state index in [2.05, 4.69) is 24.4 Å². The summed E-state index contributed by atoms with van der Waals surface area (Å²) >= 11 is 5.98. The molecular formula is C22H33ClN2O2. The Bertz CT molecular complexity index is 622. The zero-order valence-electron chi connectivity index (χ0n) is 17.0. The van der Waals surface area contributed by atoms with Crippen LogP contribution in [0.4, 0.5) is 0 Å². The van der Waals surface area contributed by atoms with E-state index in [1.807, 2.05) is 37.8 Å². The van der Waals surface area contributed by atoms with E-state index in [0.717, 1.165) is 37.4 Å². The number of hydrogen-bond acceptors (Lipinski definition) is 2. The van der Waals surface area contributed by atoms with E-state index >= 15 is 0 Å². The minimum absolute atomic E-state index is 0.0281. The summed E-state index contributed by atoms with van der Waals surface area (Å²) in [7, 11) is 0. The van der Waals surface area contributed by atoms with Crippen molar-refractivity contribution in [3.05, 3.63) is 34.9 Å². The summed E-state index contributed by atoms with van der Waals surface area (Å²) < 4.78 is 0. The van der Waals surface area contributed by atoms with Gasteiger partial charge in [-0.25, -0.2) is 0 Å². The largest absolute Gasteiger partial charge is 0.344 e. The van der Waals surface area contributed by atoms with Crippen molar-refractivity contribution in [3.63, 3.8) is 0 Å². The molecule has 27 heavy (non-hydrogen) atoms. The first kappa shape index (κ1) is 21.7. The number of benzene rings is 1. The molecule has 0 aliphatic carbocycles. The highest BCUT2D eigenvalue weighted by atomic mass is 35.5. The Hall–Kier alpha value is -1.55. The Morgan fingerprint density at radius 1 is 1.15 bits per heavy atom. The van der Waals surface area contributed by atoms with E-state index in [9.17, 15) is 9.59 Å². The van der Waals surface area contributed by atoms with Crippen LogP contribution in [0.5, 0.6) is 0 Å². The van der Waals surface area contributed by atoms with Gasteiger partial charge in [-0.3, -0.25) is 9.59 Å². The molecule has 1 saturated heterocycles. The Labute approximate surface area is 168 Å². The maximum absolute atomic E-state index is 13.1. The second-order valence-electron chi connectivity index (χ2n) is 8.18. The number of rotatable bonds is 7. The molecule has 0 bridgehead atoms. The number of halogens is 1. The topological polar surface area (TPSA) is 49.4 Å². The number of hydrogen-bond donors (Lipinski definition) is 1. The normalized spacial score (nSPS) is 17.6. The van der Waals surface area contributed by atoms with Gasteiger partial charge in [0.2, 0.25) is 11.8 Å². The predicted octanol–water partition coefficient (Wildman–Crippen LogP) is 4.62. The van der Waals surface area contributed by atoms with Gasteiger partial charge in [-0.2, -0.15) is 0 Å². The van der Waals surface area contributed by atoms with E-state index in [0.29, 0.717) is 12.3 Å². The molecule has 4 nitrogen and oxygen atoms in total. The van der Waals surface area contributed by atoms with Gasteiger partial charge in [0.25, 0.3) is 0 Å². The van der Waals surface area contributed by atoms with Crippen LogP contribution in [0.15, 0.2) is 24.3 Å². The average Bonchev–Trinajstić information content (AvgIpc) is 2.65. The van der Waals surface area contributed by atoms with Gasteiger partial charge in [0.15, 0.2) is 0 Å². The highest BCUT2D eigenvalue weighted by Crippen LogP contribution is 2.29. The van der Waals surface area contributed by atoms with Crippen molar-refractivity contribution in [2.45, 2.75) is 65.3 Å². The van der Waals surface area contributed by atoms with Gasteiger partial charge in [-0.15, -0.1) is 0 Å². The Balaban J connectivity index is 1.97. The van der Waals surface area contributed by atoms with E-state index in [4.69, 9.17) is 11.6 Å².